The molecular weight excluding hydrogens is 456 g/mol. The predicted octanol–water partition coefficient (Wildman–Crippen LogP) is 5.62. The summed E-state index contributed by atoms with van der Waals surface area (Å²) in [5, 5.41) is 3.57. The molecule has 0 unspecified atom stereocenters. The van der Waals surface area contributed by atoms with E-state index >= 15 is 0 Å². The van der Waals surface area contributed by atoms with E-state index in [1.807, 2.05) is 0 Å². The van der Waals surface area contributed by atoms with E-state index in [9.17, 15) is 17.6 Å². The first-order chi connectivity index (χ1) is 13.5. The van der Waals surface area contributed by atoms with Crippen LogP contribution in [0, 0.1) is 12.7 Å². The largest absolute Gasteiger partial charge is 0.495 e. The summed E-state index contributed by atoms with van der Waals surface area (Å²) in [5.41, 5.74) is 4.35. The van der Waals surface area contributed by atoms with Crippen molar-refractivity contribution in [3.8, 4) is 5.75 Å². The lowest BCUT2D eigenvalue weighted by atomic mass is 10.0. The summed E-state index contributed by atoms with van der Waals surface area (Å²) in [6.45, 7) is 3.20. The Morgan fingerprint density at radius 1 is 1.17 bits per heavy atom. The maximum absolute atomic E-state index is 14.6. The molecule has 3 N–H and O–H groups in total. The monoisotopic (exact) mass is 472 g/mol. The molecule has 0 radical (unpaired) electrons. The number of halogens is 5. The number of hydrogen-bond donors (Lipinski definition) is 2. The molecule has 29 heavy (non-hydrogen) atoms. The van der Waals surface area contributed by atoms with Gasteiger partial charge in [0, 0.05) is 22.7 Å². The standard InChI is InChI=1S/C19H17BrF4N4O/c1-8(11-4-10(25)5-13(17(11)21)19(22,23)24)26-18-12-6-14(20)16(29-3)7-15(12)27-9(2)28-18/h4-8H,25H2,1-3H3,(H,26,27,28)/t8-/m1/s1. The number of nitrogens with two attached hydrogens (primary N) is 1. The van der Waals surface area contributed by atoms with Crippen molar-refractivity contribution in [1.29, 1.82) is 0 Å². The topological polar surface area (TPSA) is 73.1 Å². The van der Waals surface area contributed by atoms with Gasteiger partial charge in [-0.3, -0.25) is 0 Å². The van der Waals surface area contributed by atoms with Crippen LogP contribution in [-0.2, 0) is 6.18 Å². The van der Waals surface area contributed by atoms with E-state index in [1.54, 1.807) is 19.1 Å². The van der Waals surface area contributed by atoms with Crippen LogP contribution in [0.25, 0.3) is 10.9 Å². The van der Waals surface area contributed by atoms with Crippen LogP contribution in [0.5, 0.6) is 5.75 Å². The molecule has 0 spiro atoms. The van der Waals surface area contributed by atoms with Gasteiger partial charge >= 0.3 is 6.18 Å². The number of hydrogen-bond acceptors (Lipinski definition) is 5. The van der Waals surface area contributed by atoms with Crippen molar-refractivity contribution in [1.82, 2.24) is 9.97 Å². The smallest absolute Gasteiger partial charge is 0.419 e. The van der Waals surface area contributed by atoms with Crippen molar-refractivity contribution in [3.63, 3.8) is 0 Å². The predicted molar refractivity (Wildman–Crippen MR) is 106 cm³/mol. The van der Waals surface area contributed by atoms with E-state index in [-0.39, 0.29) is 11.3 Å². The second-order valence-electron chi connectivity index (χ2n) is 6.46. The van der Waals surface area contributed by atoms with E-state index in [4.69, 9.17) is 10.5 Å². The number of benzene rings is 2. The van der Waals surface area contributed by atoms with E-state index < -0.39 is 23.6 Å². The maximum Gasteiger partial charge on any atom is 0.419 e. The number of nitrogens with one attached hydrogen (secondary N) is 1. The van der Waals surface area contributed by atoms with Gasteiger partial charge in [-0.25, -0.2) is 14.4 Å². The molecule has 0 aliphatic heterocycles. The summed E-state index contributed by atoms with van der Waals surface area (Å²) in [6.07, 6.45) is -4.85. The van der Waals surface area contributed by atoms with Crippen LogP contribution < -0.4 is 15.8 Å². The van der Waals surface area contributed by atoms with Gasteiger partial charge in [-0.1, -0.05) is 0 Å². The number of aromatic nitrogens is 2. The van der Waals surface area contributed by atoms with Crippen molar-refractivity contribution < 1.29 is 22.3 Å². The highest BCUT2D eigenvalue weighted by Crippen LogP contribution is 2.37. The molecule has 0 bridgehead atoms. The molecule has 154 valence electrons. The van der Waals surface area contributed by atoms with Crippen LogP contribution in [0.1, 0.15) is 29.9 Å². The molecule has 5 nitrogen and oxygen atoms in total. The van der Waals surface area contributed by atoms with Crippen LogP contribution >= 0.6 is 15.9 Å². The van der Waals surface area contributed by atoms with Gasteiger partial charge < -0.3 is 15.8 Å². The second kappa shape index (κ2) is 7.66. The van der Waals surface area contributed by atoms with Crippen molar-refractivity contribution in [2.24, 2.45) is 0 Å². The van der Waals surface area contributed by atoms with Crippen molar-refractivity contribution >= 4 is 38.3 Å². The minimum Gasteiger partial charge on any atom is -0.495 e. The molecule has 1 atom stereocenters. The normalized spacial score (nSPS) is 12.8. The number of nitrogen functional groups attached to an aromatic ring is 1. The fourth-order valence-electron chi connectivity index (χ4n) is 2.99. The van der Waals surface area contributed by atoms with Crippen LogP contribution in [-0.4, -0.2) is 17.1 Å². The van der Waals surface area contributed by atoms with Gasteiger partial charge in [0.05, 0.1) is 28.7 Å². The Bertz CT molecular complexity index is 1090. The van der Waals surface area contributed by atoms with Gasteiger partial charge in [-0.15, -0.1) is 0 Å². The Balaban J connectivity index is 2.08. The Hall–Kier alpha value is -2.62. The summed E-state index contributed by atoms with van der Waals surface area (Å²) >= 11 is 3.38. The van der Waals surface area contributed by atoms with Crippen molar-refractivity contribution in [2.75, 3.05) is 18.2 Å². The molecule has 10 heteroatoms. The fraction of sp³-hybridized carbons (Fsp3) is 0.263. The van der Waals surface area contributed by atoms with Crippen molar-refractivity contribution in [2.45, 2.75) is 26.1 Å². The summed E-state index contributed by atoms with van der Waals surface area (Å²) < 4.78 is 59.9. The molecule has 0 saturated heterocycles. The van der Waals surface area contributed by atoms with Gasteiger partial charge in [0.2, 0.25) is 0 Å². The van der Waals surface area contributed by atoms with E-state index in [2.05, 4.69) is 31.2 Å². The first-order valence-electron chi connectivity index (χ1n) is 8.45. The zero-order chi connectivity index (χ0) is 21.5. The zero-order valence-electron chi connectivity index (χ0n) is 15.7. The average molecular weight is 473 g/mol. The lowest BCUT2D eigenvalue weighted by Crippen LogP contribution is -2.16. The van der Waals surface area contributed by atoms with Gasteiger partial charge in [0.1, 0.15) is 23.2 Å². The number of ether oxygens (including phenoxy) is 1. The van der Waals surface area contributed by atoms with E-state index in [0.717, 1.165) is 0 Å². The van der Waals surface area contributed by atoms with Gasteiger partial charge in [-0.05, 0) is 48.0 Å². The van der Waals surface area contributed by atoms with Crippen LogP contribution in [0.3, 0.4) is 0 Å². The molecule has 0 fully saturated rings. The number of methoxy groups -OCH3 is 1. The highest BCUT2D eigenvalue weighted by atomic mass is 79.9. The number of alkyl halides is 3. The summed E-state index contributed by atoms with van der Waals surface area (Å²) in [6, 6.07) is 4.33. The Morgan fingerprint density at radius 3 is 2.48 bits per heavy atom. The van der Waals surface area contributed by atoms with E-state index in [0.29, 0.717) is 38.8 Å². The highest BCUT2D eigenvalue weighted by molar-refractivity contribution is 9.10. The number of fused-ring (bicyclic) bond motifs is 1. The molecule has 0 amide bonds. The third kappa shape index (κ3) is 4.21. The molecule has 2 aromatic carbocycles. The first-order valence-corrected chi connectivity index (χ1v) is 9.25. The quantitative estimate of drug-likeness (QED) is 0.380. The average Bonchev–Trinajstić information content (AvgIpc) is 2.62. The Morgan fingerprint density at radius 2 is 1.86 bits per heavy atom. The lowest BCUT2D eigenvalue weighted by molar-refractivity contribution is -0.140. The molecule has 3 aromatic rings. The minimum atomic E-state index is -4.85. The Labute approximate surface area is 172 Å². The summed E-state index contributed by atoms with van der Waals surface area (Å²) in [5.74, 6) is -0.0322. The molecular formula is C19H17BrF4N4O. The SMILES string of the molecule is COc1cc2nc(C)nc(N[C@H](C)c3cc(N)cc(C(F)(F)F)c3F)c2cc1Br. The van der Waals surface area contributed by atoms with Gasteiger partial charge in [0.15, 0.2) is 0 Å². The number of anilines is 2. The number of aryl methyl sites for hydroxylation is 1. The third-order valence-electron chi connectivity index (χ3n) is 4.33. The molecule has 0 aliphatic rings. The molecule has 0 saturated carbocycles. The van der Waals surface area contributed by atoms with Crippen molar-refractivity contribution in [3.05, 3.63) is 51.5 Å². The Kier molecular flexibility index (Phi) is 5.57. The summed E-state index contributed by atoms with van der Waals surface area (Å²) in [7, 11) is 1.52. The van der Waals surface area contributed by atoms with Crippen LogP contribution in [0.15, 0.2) is 28.7 Å². The third-order valence-corrected chi connectivity index (χ3v) is 4.95. The maximum atomic E-state index is 14.6. The first kappa shape index (κ1) is 21.1. The second-order valence-corrected chi connectivity index (χ2v) is 7.31. The molecule has 3 rings (SSSR count). The summed E-state index contributed by atoms with van der Waals surface area (Å²) in [4.78, 5) is 8.68. The van der Waals surface area contributed by atoms with Crippen LogP contribution in [0.2, 0.25) is 0 Å². The van der Waals surface area contributed by atoms with E-state index in [1.165, 1.54) is 20.1 Å². The zero-order valence-corrected chi connectivity index (χ0v) is 17.2. The fourth-order valence-corrected chi connectivity index (χ4v) is 3.49. The lowest BCUT2D eigenvalue weighted by Gasteiger charge is -2.20. The minimum absolute atomic E-state index is 0.182. The number of rotatable bonds is 4. The molecule has 1 heterocycles. The molecule has 1 aromatic heterocycles. The number of nitrogens with zero attached hydrogens (tertiary/aromatic N) is 2. The van der Waals surface area contributed by atoms with Gasteiger partial charge in [0.25, 0.3) is 0 Å². The highest BCUT2D eigenvalue weighted by Gasteiger charge is 2.36. The van der Waals surface area contributed by atoms with Crippen LogP contribution in [0.4, 0.5) is 29.1 Å². The van der Waals surface area contributed by atoms with Gasteiger partial charge in [-0.2, -0.15) is 13.2 Å². The molecule has 0 aliphatic carbocycles.